The number of Topliss-reactive ketones (excluding diaryl/α,β-unsaturated/α-hetero) is 1. The van der Waals surface area contributed by atoms with Gasteiger partial charge in [0, 0.05) is 8.95 Å². The van der Waals surface area contributed by atoms with Crippen LogP contribution in [-0.4, -0.2) is 5.78 Å². The van der Waals surface area contributed by atoms with Gasteiger partial charge in [0.2, 0.25) is 0 Å². The highest BCUT2D eigenvalue weighted by molar-refractivity contribution is 9.10. The molecule has 0 saturated heterocycles. The van der Waals surface area contributed by atoms with Crippen LogP contribution in [0.15, 0.2) is 45.3 Å². The molecule has 0 bridgehead atoms. The Morgan fingerprint density at radius 3 is 2.26 bits per heavy atom. The van der Waals surface area contributed by atoms with E-state index in [2.05, 4.69) is 56.1 Å². The molecule has 1 nitrogen and oxygen atoms in total. The monoisotopic (exact) mass is 378 g/mol. The Hall–Kier alpha value is -0.930. The van der Waals surface area contributed by atoms with Gasteiger partial charge in [-0.25, -0.2) is 0 Å². The molecule has 0 N–H and O–H groups in total. The van der Waals surface area contributed by atoms with Gasteiger partial charge in [-0.3, -0.25) is 4.79 Å². The van der Waals surface area contributed by atoms with E-state index < -0.39 is 5.41 Å². The van der Waals surface area contributed by atoms with E-state index in [0.29, 0.717) is 0 Å². The predicted octanol–water partition coefficient (Wildman–Crippen LogP) is 5.09. The first-order valence-corrected chi connectivity index (χ1v) is 7.64. The van der Waals surface area contributed by atoms with E-state index in [0.717, 1.165) is 31.2 Å². The number of rotatable bonds is 1. The molecule has 1 unspecified atom stereocenters. The summed E-state index contributed by atoms with van der Waals surface area (Å²) in [6, 6.07) is 12.3. The molecule has 3 rings (SSSR count). The quantitative estimate of drug-likeness (QED) is 0.674. The van der Waals surface area contributed by atoms with Crippen molar-refractivity contribution >= 4 is 37.6 Å². The molecule has 0 aromatic heterocycles. The number of carbonyl (C=O) groups excluding carboxylic acids is 1. The van der Waals surface area contributed by atoms with Crippen LogP contribution >= 0.6 is 31.9 Å². The normalized spacial score (nSPS) is 20.0. The highest BCUT2D eigenvalue weighted by Gasteiger charge is 2.43. The van der Waals surface area contributed by atoms with Crippen LogP contribution in [-0.2, 0) is 10.2 Å². The Labute approximate surface area is 129 Å². The molecule has 1 aliphatic rings. The Morgan fingerprint density at radius 2 is 1.58 bits per heavy atom. The van der Waals surface area contributed by atoms with Crippen molar-refractivity contribution in [2.75, 3.05) is 0 Å². The molecular formula is C16H12Br2O. The maximum absolute atomic E-state index is 12.3. The lowest BCUT2D eigenvalue weighted by Crippen LogP contribution is -2.29. The molecule has 0 spiro atoms. The van der Waals surface area contributed by atoms with Gasteiger partial charge in [0.1, 0.15) is 5.78 Å². The minimum absolute atomic E-state index is 0.174. The summed E-state index contributed by atoms with van der Waals surface area (Å²) in [7, 11) is 0. The van der Waals surface area contributed by atoms with Crippen molar-refractivity contribution in [1.29, 1.82) is 0 Å². The third-order valence-electron chi connectivity index (χ3n) is 4.03. The van der Waals surface area contributed by atoms with Crippen LogP contribution in [0.2, 0.25) is 0 Å². The summed E-state index contributed by atoms with van der Waals surface area (Å²) in [6.07, 6.45) is 0. The van der Waals surface area contributed by atoms with E-state index in [1.165, 1.54) is 0 Å². The fourth-order valence-electron chi connectivity index (χ4n) is 2.86. The van der Waals surface area contributed by atoms with Gasteiger partial charge < -0.3 is 0 Å². The van der Waals surface area contributed by atoms with E-state index in [9.17, 15) is 4.79 Å². The van der Waals surface area contributed by atoms with Crippen LogP contribution in [0.1, 0.15) is 25.0 Å². The van der Waals surface area contributed by atoms with Gasteiger partial charge in [-0.2, -0.15) is 0 Å². The topological polar surface area (TPSA) is 17.1 Å². The number of carbonyl (C=O) groups is 1. The van der Waals surface area contributed by atoms with Crippen LogP contribution in [0.3, 0.4) is 0 Å². The summed E-state index contributed by atoms with van der Waals surface area (Å²) in [5, 5.41) is 0. The molecule has 96 valence electrons. The third-order valence-corrected chi connectivity index (χ3v) is 5.02. The zero-order valence-electron chi connectivity index (χ0n) is 10.6. The van der Waals surface area contributed by atoms with E-state index in [1.54, 1.807) is 6.92 Å². The van der Waals surface area contributed by atoms with Crippen molar-refractivity contribution in [3.8, 4) is 11.1 Å². The number of hydrogen-bond donors (Lipinski definition) is 0. The lowest BCUT2D eigenvalue weighted by atomic mass is 9.77. The minimum Gasteiger partial charge on any atom is -0.299 e. The van der Waals surface area contributed by atoms with Crippen LogP contribution in [0.25, 0.3) is 11.1 Å². The lowest BCUT2D eigenvalue weighted by Gasteiger charge is -2.24. The van der Waals surface area contributed by atoms with E-state index >= 15 is 0 Å². The average molecular weight is 380 g/mol. The fraction of sp³-hybridized carbons (Fsp3) is 0.188. The molecule has 0 heterocycles. The van der Waals surface area contributed by atoms with Gasteiger partial charge in [-0.05, 0) is 60.4 Å². The summed E-state index contributed by atoms with van der Waals surface area (Å²) in [4.78, 5) is 12.3. The number of hydrogen-bond acceptors (Lipinski definition) is 1. The summed E-state index contributed by atoms with van der Waals surface area (Å²) >= 11 is 7.02. The second-order valence-corrected chi connectivity index (χ2v) is 6.89. The Kier molecular flexibility index (Phi) is 2.95. The molecule has 0 radical (unpaired) electrons. The van der Waals surface area contributed by atoms with Crippen LogP contribution in [0.4, 0.5) is 0 Å². The van der Waals surface area contributed by atoms with Gasteiger partial charge in [-0.15, -0.1) is 0 Å². The third kappa shape index (κ3) is 1.75. The van der Waals surface area contributed by atoms with Crippen LogP contribution in [0, 0.1) is 0 Å². The minimum atomic E-state index is -0.546. The van der Waals surface area contributed by atoms with Crippen molar-refractivity contribution in [3.05, 3.63) is 56.5 Å². The van der Waals surface area contributed by atoms with Gasteiger partial charge in [0.15, 0.2) is 0 Å². The van der Waals surface area contributed by atoms with Gasteiger partial charge in [-0.1, -0.05) is 44.0 Å². The lowest BCUT2D eigenvalue weighted by molar-refractivity contribution is -0.120. The molecule has 2 aromatic rings. The molecule has 0 amide bonds. The second kappa shape index (κ2) is 4.29. The SMILES string of the molecule is CC(=O)C1(C)c2ccc(Br)cc2-c2ccc(Br)cc21. The van der Waals surface area contributed by atoms with Crippen molar-refractivity contribution in [2.24, 2.45) is 0 Å². The zero-order valence-corrected chi connectivity index (χ0v) is 13.8. The van der Waals surface area contributed by atoms with E-state index in [1.807, 2.05) is 19.1 Å². The molecule has 19 heavy (non-hydrogen) atoms. The molecular weight excluding hydrogens is 368 g/mol. The summed E-state index contributed by atoms with van der Waals surface area (Å²) in [5.41, 5.74) is 3.93. The molecule has 1 atom stereocenters. The van der Waals surface area contributed by atoms with Gasteiger partial charge in [0.25, 0.3) is 0 Å². The fourth-order valence-corrected chi connectivity index (χ4v) is 3.59. The summed E-state index contributed by atoms with van der Waals surface area (Å²) in [6.45, 7) is 3.68. The molecule has 0 fully saturated rings. The molecule has 2 aromatic carbocycles. The van der Waals surface area contributed by atoms with Crippen molar-refractivity contribution < 1.29 is 4.79 Å². The highest BCUT2D eigenvalue weighted by atomic mass is 79.9. The smallest absolute Gasteiger partial charge is 0.144 e. The van der Waals surface area contributed by atoms with Crippen LogP contribution in [0.5, 0.6) is 0 Å². The second-order valence-electron chi connectivity index (χ2n) is 5.06. The Bertz CT molecular complexity index is 706. The molecule has 0 aliphatic heterocycles. The van der Waals surface area contributed by atoms with Crippen molar-refractivity contribution in [1.82, 2.24) is 0 Å². The molecule has 1 aliphatic carbocycles. The number of fused-ring (bicyclic) bond motifs is 3. The van der Waals surface area contributed by atoms with Gasteiger partial charge >= 0.3 is 0 Å². The number of ketones is 1. The first-order valence-electron chi connectivity index (χ1n) is 6.06. The zero-order chi connectivity index (χ0) is 13.8. The van der Waals surface area contributed by atoms with Crippen molar-refractivity contribution in [3.63, 3.8) is 0 Å². The highest BCUT2D eigenvalue weighted by Crippen LogP contribution is 2.50. The Morgan fingerprint density at radius 1 is 0.947 bits per heavy atom. The maximum atomic E-state index is 12.3. The van der Waals surface area contributed by atoms with E-state index in [4.69, 9.17) is 0 Å². The molecule has 0 saturated carbocycles. The Balaban J connectivity index is 2.42. The molecule has 3 heteroatoms. The standard InChI is InChI=1S/C16H12Br2O/c1-9(19)16(2)14-6-4-10(17)7-13(14)12-5-3-11(18)8-15(12)16/h3-8H,1-2H3. The van der Waals surface area contributed by atoms with Crippen molar-refractivity contribution in [2.45, 2.75) is 19.3 Å². The number of benzene rings is 2. The number of halogens is 2. The summed E-state index contributed by atoms with van der Waals surface area (Å²) in [5.74, 6) is 0.174. The van der Waals surface area contributed by atoms with Gasteiger partial charge in [0.05, 0.1) is 5.41 Å². The van der Waals surface area contributed by atoms with Crippen LogP contribution < -0.4 is 0 Å². The van der Waals surface area contributed by atoms with E-state index in [-0.39, 0.29) is 5.78 Å². The average Bonchev–Trinajstić information content (AvgIpc) is 2.60. The summed E-state index contributed by atoms with van der Waals surface area (Å²) < 4.78 is 2.04. The predicted molar refractivity (Wildman–Crippen MR) is 84.4 cm³/mol. The first-order chi connectivity index (χ1) is 8.94. The largest absolute Gasteiger partial charge is 0.299 e. The maximum Gasteiger partial charge on any atom is 0.144 e. The first kappa shape index (κ1) is 13.1.